The van der Waals surface area contributed by atoms with Crippen molar-refractivity contribution >= 4 is 15.9 Å². The van der Waals surface area contributed by atoms with Crippen molar-refractivity contribution in [2.75, 3.05) is 20.8 Å². The number of benzene rings is 1. The molecule has 0 unspecified atom stereocenters. The Balaban J connectivity index is 3.03. The number of nitrogens with zero attached hydrogens (tertiary/aromatic N) is 1. The molecule has 80 valence electrons. The number of halogens is 1. The Bertz CT molecular complexity index is 385. The molecule has 0 aliphatic heterocycles. The van der Waals surface area contributed by atoms with Crippen molar-refractivity contribution in [3.8, 4) is 11.5 Å². The number of ether oxygens (including phenoxy) is 2. The summed E-state index contributed by atoms with van der Waals surface area (Å²) in [5.41, 5.74) is 1.07. The van der Waals surface area contributed by atoms with Gasteiger partial charge in [-0.15, -0.1) is 0 Å². The van der Waals surface area contributed by atoms with Gasteiger partial charge in [0.2, 0.25) is 6.54 Å². The zero-order valence-electron chi connectivity index (χ0n) is 8.71. The second-order valence-corrected chi connectivity index (χ2v) is 3.80. The van der Waals surface area contributed by atoms with Crippen molar-refractivity contribution in [2.45, 2.75) is 6.42 Å². The van der Waals surface area contributed by atoms with Gasteiger partial charge in [0.1, 0.15) is 0 Å². The molecule has 1 aromatic rings. The van der Waals surface area contributed by atoms with Crippen LogP contribution in [0.5, 0.6) is 11.5 Å². The first-order valence-electron chi connectivity index (χ1n) is 4.46. The smallest absolute Gasteiger partial charge is 0.218 e. The minimum atomic E-state index is 0.488. The third-order valence-corrected chi connectivity index (χ3v) is 2.59. The zero-order chi connectivity index (χ0) is 11.3. The third-order valence-electron chi connectivity index (χ3n) is 2.01. The van der Waals surface area contributed by atoms with E-state index in [9.17, 15) is 0 Å². The molecular weight excluding hydrogens is 258 g/mol. The van der Waals surface area contributed by atoms with Crippen LogP contribution in [0.1, 0.15) is 5.56 Å². The Labute approximate surface area is 98.0 Å². The number of methoxy groups -OCH3 is 2. The van der Waals surface area contributed by atoms with E-state index in [4.69, 9.17) is 16.0 Å². The fourth-order valence-electron chi connectivity index (χ4n) is 1.30. The van der Waals surface area contributed by atoms with Crippen LogP contribution in [0.3, 0.4) is 0 Å². The maximum absolute atomic E-state index is 6.74. The molecule has 0 N–H and O–H groups in total. The summed E-state index contributed by atoms with van der Waals surface area (Å²) in [6.07, 6.45) is 0.725. The molecule has 15 heavy (non-hydrogen) atoms. The minimum Gasteiger partial charge on any atom is -0.493 e. The van der Waals surface area contributed by atoms with Gasteiger partial charge >= 0.3 is 0 Å². The van der Waals surface area contributed by atoms with Gasteiger partial charge in [-0.1, -0.05) is 0 Å². The molecular formula is C11H12BrNO2. The molecule has 0 heterocycles. The molecule has 1 rings (SSSR count). The highest BCUT2D eigenvalue weighted by Crippen LogP contribution is 2.36. The standard InChI is InChI=1S/C11H12BrNO2/c1-13-5-4-8-6-9(12)11(15-3)10(7-8)14-2/h6-7H,4-5H2,2-3H3. The molecule has 1 aromatic carbocycles. The highest BCUT2D eigenvalue weighted by Gasteiger charge is 2.10. The van der Waals surface area contributed by atoms with E-state index in [1.165, 1.54) is 0 Å². The largest absolute Gasteiger partial charge is 0.493 e. The van der Waals surface area contributed by atoms with Crippen LogP contribution < -0.4 is 9.47 Å². The van der Waals surface area contributed by atoms with Gasteiger partial charge in [0.05, 0.1) is 18.7 Å². The van der Waals surface area contributed by atoms with Gasteiger partial charge in [0.25, 0.3) is 0 Å². The Morgan fingerprint density at radius 1 is 1.33 bits per heavy atom. The van der Waals surface area contributed by atoms with Crippen molar-refractivity contribution in [3.05, 3.63) is 33.6 Å². The first kappa shape index (κ1) is 11.9. The predicted octanol–water partition coefficient (Wildman–Crippen LogP) is 2.93. The molecule has 0 aromatic heterocycles. The molecule has 0 bridgehead atoms. The van der Waals surface area contributed by atoms with Gasteiger partial charge in [-0.05, 0) is 33.6 Å². The maximum atomic E-state index is 6.74. The molecule has 0 amide bonds. The van der Waals surface area contributed by atoms with Crippen molar-refractivity contribution in [2.24, 2.45) is 0 Å². The first-order valence-corrected chi connectivity index (χ1v) is 5.25. The average Bonchev–Trinajstić information content (AvgIpc) is 2.25. The summed E-state index contributed by atoms with van der Waals surface area (Å²) in [7, 11) is 3.20. The molecule has 0 radical (unpaired) electrons. The second-order valence-electron chi connectivity index (χ2n) is 2.94. The van der Waals surface area contributed by atoms with E-state index >= 15 is 0 Å². The summed E-state index contributed by atoms with van der Waals surface area (Å²) in [5, 5.41) is 0. The van der Waals surface area contributed by atoms with Crippen LogP contribution in [0, 0.1) is 6.57 Å². The van der Waals surface area contributed by atoms with Gasteiger partial charge in [0, 0.05) is 6.42 Å². The summed E-state index contributed by atoms with van der Waals surface area (Å²) in [5.74, 6) is 1.37. The topological polar surface area (TPSA) is 22.8 Å². The average molecular weight is 270 g/mol. The summed E-state index contributed by atoms with van der Waals surface area (Å²) >= 11 is 3.41. The molecule has 0 saturated carbocycles. The lowest BCUT2D eigenvalue weighted by Crippen LogP contribution is -1.95. The first-order chi connectivity index (χ1) is 7.22. The molecule has 4 heteroatoms. The second kappa shape index (κ2) is 5.62. The van der Waals surface area contributed by atoms with Crippen molar-refractivity contribution in [1.82, 2.24) is 0 Å². The molecule has 0 saturated heterocycles. The van der Waals surface area contributed by atoms with Gasteiger partial charge < -0.3 is 14.3 Å². The monoisotopic (exact) mass is 269 g/mol. The van der Waals surface area contributed by atoms with Crippen molar-refractivity contribution in [1.29, 1.82) is 0 Å². The van der Waals surface area contributed by atoms with Crippen molar-refractivity contribution in [3.63, 3.8) is 0 Å². The van der Waals surface area contributed by atoms with Crippen LogP contribution in [-0.2, 0) is 6.42 Å². The number of hydrogen-bond acceptors (Lipinski definition) is 2. The van der Waals surface area contributed by atoms with Crippen molar-refractivity contribution < 1.29 is 9.47 Å². The van der Waals surface area contributed by atoms with E-state index in [0.717, 1.165) is 16.5 Å². The maximum Gasteiger partial charge on any atom is 0.218 e. The summed E-state index contributed by atoms with van der Waals surface area (Å²) < 4.78 is 11.3. The Kier molecular flexibility index (Phi) is 4.44. The van der Waals surface area contributed by atoms with E-state index in [1.54, 1.807) is 14.2 Å². The lowest BCUT2D eigenvalue weighted by atomic mass is 10.1. The van der Waals surface area contributed by atoms with Crippen LogP contribution in [0.15, 0.2) is 16.6 Å². The lowest BCUT2D eigenvalue weighted by molar-refractivity contribution is 0.352. The van der Waals surface area contributed by atoms with Crippen LogP contribution in [0.4, 0.5) is 0 Å². The zero-order valence-corrected chi connectivity index (χ0v) is 10.3. The molecule has 0 atom stereocenters. The summed E-state index contributed by atoms with van der Waals surface area (Å²) in [4.78, 5) is 3.32. The highest BCUT2D eigenvalue weighted by atomic mass is 79.9. The van der Waals surface area contributed by atoms with E-state index < -0.39 is 0 Å². The van der Waals surface area contributed by atoms with E-state index in [1.807, 2.05) is 12.1 Å². The predicted molar refractivity (Wildman–Crippen MR) is 62.4 cm³/mol. The Hall–Kier alpha value is -1.21. The van der Waals surface area contributed by atoms with Gasteiger partial charge in [-0.3, -0.25) is 0 Å². The summed E-state index contributed by atoms with van der Waals surface area (Å²) in [6.45, 7) is 7.23. The number of rotatable bonds is 4. The van der Waals surface area contributed by atoms with E-state index in [2.05, 4.69) is 20.8 Å². The van der Waals surface area contributed by atoms with Crippen LogP contribution in [-0.4, -0.2) is 20.8 Å². The SMILES string of the molecule is [C-]#[N+]CCc1cc(Br)c(OC)c(OC)c1. The molecule has 0 fully saturated rings. The number of hydrogen-bond donors (Lipinski definition) is 0. The van der Waals surface area contributed by atoms with E-state index in [-0.39, 0.29) is 0 Å². The van der Waals surface area contributed by atoms with Crippen LogP contribution in [0.2, 0.25) is 0 Å². The van der Waals surface area contributed by atoms with Gasteiger partial charge in [-0.25, -0.2) is 6.57 Å². The molecule has 0 aliphatic rings. The molecule has 0 aliphatic carbocycles. The van der Waals surface area contributed by atoms with Crippen LogP contribution in [0.25, 0.3) is 4.85 Å². The normalized spacial score (nSPS) is 9.47. The fourth-order valence-corrected chi connectivity index (χ4v) is 1.95. The Morgan fingerprint density at radius 3 is 2.60 bits per heavy atom. The third kappa shape index (κ3) is 2.87. The quantitative estimate of drug-likeness (QED) is 0.785. The fraction of sp³-hybridized carbons (Fsp3) is 0.364. The summed E-state index contributed by atoms with van der Waals surface area (Å²) in [6, 6.07) is 3.85. The van der Waals surface area contributed by atoms with Gasteiger partial charge in [-0.2, -0.15) is 0 Å². The molecule has 3 nitrogen and oxygen atoms in total. The highest BCUT2D eigenvalue weighted by molar-refractivity contribution is 9.10. The minimum absolute atomic E-state index is 0.488. The van der Waals surface area contributed by atoms with Gasteiger partial charge in [0.15, 0.2) is 11.5 Å². The van der Waals surface area contributed by atoms with E-state index in [0.29, 0.717) is 18.0 Å². The lowest BCUT2D eigenvalue weighted by Gasteiger charge is -2.10. The van der Waals surface area contributed by atoms with Crippen LogP contribution >= 0.6 is 15.9 Å². The molecule has 0 spiro atoms. The Morgan fingerprint density at radius 2 is 2.07 bits per heavy atom.